The Labute approximate surface area is 179 Å². The molecule has 3 aromatic heterocycles. The molecule has 1 aliphatic heterocycles. The van der Waals surface area contributed by atoms with Gasteiger partial charge >= 0.3 is 0 Å². The van der Waals surface area contributed by atoms with Crippen molar-refractivity contribution in [1.82, 2.24) is 14.7 Å². The van der Waals surface area contributed by atoms with Gasteiger partial charge in [0.25, 0.3) is 5.56 Å². The molecule has 0 bridgehead atoms. The summed E-state index contributed by atoms with van der Waals surface area (Å²) in [7, 11) is 1.80. The monoisotopic (exact) mass is 416 g/mol. The van der Waals surface area contributed by atoms with E-state index >= 15 is 0 Å². The molecule has 1 saturated heterocycles. The third-order valence-corrected chi connectivity index (χ3v) is 5.82. The second kappa shape index (κ2) is 7.67. The van der Waals surface area contributed by atoms with Crippen LogP contribution in [0, 0.1) is 13.8 Å². The van der Waals surface area contributed by atoms with Crippen LogP contribution in [0.15, 0.2) is 51.9 Å². The van der Waals surface area contributed by atoms with Crippen LogP contribution in [0.2, 0.25) is 0 Å². The number of hydrogen-bond acceptors (Lipinski definition) is 6. The van der Waals surface area contributed by atoms with E-state index in [0.29, 0.717) is 11.4 Å². The first-order valence-electron chi connectivity index (χ1n) is 10.4. The van der Waals surface area contributed by atoms with Gasteiger partial charge in [-0.25, -0.2) is 0 Å². The van der Waals surface area contributed by atoms with Gasteiger partial charge in [-0.1, -0.05) is 11.2 Å². The minimum atomic E-state index is -0.0412. The molecule has 7 nitrogen and oxygen atoms in total. The molecule has 7 heteroatoms. The highest BCUT2D eigenvalue weighted by Crippen LogP contribution is 2.32. The predicted octanol–water partition coefficient (Wildman–Crippen LogP) is 4.80. The maximum Gasteiger partial charge on any atom is 0.258 e. The number of aromatic nitrogens is 3. The molecular formula is C24H24N4O3. The quantitative estimate of drug-likeness (QED) is 0.515. The molecule has 1 N–H and O–H groups in total. The number of nitrogens with zero attached hydrogens (tertiary/aromatic N) is 3. The molecule has 31 heavy (non-hydrogen) atoms. The van der Waals surface area contributed by atoms with E-state index < -0.39 is 0 Å². The number of benzene rings is 1. The zero-order chi connectivity index (χ0) is 21.5. The van der Waals surface area contributed by atoms with Gasteiger partial charge in [-0.3, -0.25) is 9.78 Å². The van der Waals surface area contributed by atoms with Crippen LogP contribution in [0.4, 0.5) is 11.5 Å². The molecule has 0 amide bonds. The summed E-state index contributed by atoms with van der Waals surface area (Å²) in [5.41, 5.74) is 5.07. The van der Waals surface area contributed by atoms with Gasteiger partial charge < -0.3 is 19.1 Å². The Morgan fingerprint density at radius 2 is 2.00 bits per heavy atom. The van der Waals surface area contributed by atoms with Crippen LogP contribution >= 0.6 is 0 Å². The average molecular weight is 416 g/mol. The van der Waals surface area contributed by atoms with E-state index in [1.807, 2.05) is 56.4 Å². The van der Waals surface area contributed by atoms with E-state index in [1.54, 1.807) is 11.6 Å². The smallest absolute Gasteiger partial charge is 0.258 e. The lowest BCUT2D eigenvalue weighted by molar-refractivity contribution is 0.0878. The summed E-state index contributed by atoms with van der Waals surface area (Å²) < 4.78 is 12.8. The minimum Gasteiger partial charge on any atom is -0.370 e. The van der Waals surface area contributed by atoms with Crippen molar-refractivity contribution in [1.29, 1.82) is 0 Å². The molecular weight excluding hydrogens is 392 g/mol. The molecule has 0 aliphatic carbocycles. The average Bonchev–Trinajstić information content (AvgIpc) is 3.45. The number of hydrogen-bond donors (Lipinski definition) is 1. The minimum absolute atomic E-state index is 0.0190. The van der Waals surface area contributed by atoms with Crippen molar-refractivity contribution in [3.05, 3.63) is 70.0 Å². The van der Waals surface area contributed by atoms with Crippen LogP contribution in [0.1, 0.15) is 36.0 Å². The molecule has 1 unspecified atom stereocenters. The Hall–Kier alpha value is -3.45. The standard InChI is InChI=1S/C24H24N4O3/c1-14-6-7-17(26-23-12-22(31-27-23)21-5-4-8-30-21)11-18(14)19-10-16-13-25-15(2)9-20(16)28(3)24(19)29/h6-7,9-13,21H,4-5,8H2,1-3H3,(H,26,27). The number of rotatable bonds is 4. The van der Waals surface area contributed by atoms with Crippen LogP contribution in [-0.2, 0) is 11.8 Å². The Morgan fingerprint density at radius 3 is 2.81 bits per heavy atom. The van der Waals surface area contributed by atoms with E-state index in [1.165, 1.54) is 0 Å². The number of ether oxygens (including phenoxy) is 1. The Morgan fingerprint density at radius 1 is 1.13 bits per heavy atom. The van der Waals surface area contributed by atoms with Crippen LogP contribution < -0.4 is 10.9 Å². The molecule has 1 aromatic carbocycles. The van der Waals surface area contributed by atoms with Gasteiger partial charge in [-0.15, -0.1) is 0 Å². The maximum atomic E-state index is 13.1. The maximum absolute atomic E-state index is 13.1. The van der Waals surface area contributed by atoms with E-state index in [4.69, 9.17) is 9.26 Å². The zero-order valence-corrected chi connectivity index (χ0v) is 17.8. The summed E-state index contributed by atoms with van der Waals surface area (Å²) in [4.78, 5) is 17.5. The lowest BCUT2D eigenvalue weighted by Crippen LogP contribution is -2.19. The van der Waals surface area contributed by atoms with E-state index in [9.17, 15) is 4.79 Å². The van der Waals surface area contributed by atoms with Gasteiger partial charge in [-0.05, 0) is 62.1 Å². The molecule has 4 heterocycles. The van der Waals surface area contributed by atoms with Crippen LogP contribution in [0.5, 0.6) is 0 Å². The number of anilines is 2. The normalized spacial score (nSPS) is 16.2. The predicted molar refractivity (Wildman–Crippen MR) is 120 cm³/mol. The SMILES string of the molecule is Cc1cc2c(cn1)cc(-c1cc(Nc3cc(C4CCCO4)on3)ccc1C)c(=O)n2C. The topological polar surface area (TPSA) is 82.2 Å². The highest BCUT2D eigenvalue weighted by molar-refractivity contribution is 5.85. The molecule has 0 spiro atoms. The molecule has 4 aromatic rings. The fourth-order valence-electron chi connectivity index (χ4n) is 4.10. The van der Waals surface area contributed by atoms with Gasteiger partial charge in [-0.2, -0.15) is 0 Å². The Kier molecular flexibility index (Phi) is 4.82. The lowest BCUT2D eigenvalue weighted by Gasteiger charge is -2.13. The summed E-state index contributed by atoms with van der Waals surface area (Å²) in [6.07, 6.45) is 3.77. The van der Waals surface area contributed by atoms with E-state index in [-0.39, 0.29) is 11.7 Å². The Bertz CT molecular complexity index is 1330. The molecule has 0 saturated carbocycles. The number of fused-ring (bicyclic) bond motifs is 1. The van der Waals surface area contributed by atoms with Crippen molar-refractivity contribution in [3.63, 3.8) is 0 Å². The summed E-state index contributed by atoms with van der Waals surface area (Å²) >= 11 is 0. The Balaban J connectivity index is 1.51. The van der Waals surface area contributed by atoms with Gasteiger partial charge in [0.1, 0.15) is 6.10 Å². The molecule has 1 aliphatic rings. The largest absolute Gasteiger partial charge is 0.370 e. The zero-order valence-electron chi connectivity index (χ0n) is 17.8. The number of nitrogens with one attached hydrogen (secondary N) is 1. The summed E-state index contributed by atoms with van der Waals surface area (Å²) in [5.74, 6) is 1.35. The second-order valence-electron chi connectivity index (χ2n) is 8.08. The van der Waals surface area contributed by atoms with Crippen LogP contribution in [-0.4, -0.2) is 21.3 Å². The highest BCUT2D eigenvalue weighted by Gasteiger charge is 2.22. The fourth-order valence-corrected chi connectivity index (χ4v) is 4.10. The first-order valence-corrected chi connectivity index (χ1v) is 10.4. The van der Waals surface area contributed by atoms with Crippen molar-refractivity contribution in [2.24, 2.45) is 7.05 Å². The molecule has 0 radical (unpaired) electrons. The molecule has 1 fully saturated rings. The van der Waals surface area contributed by atoms with Crippen molar-refractivity contribution in [2.75, 3.05) is 11.9 Å². The van der Waals surface area contributed by atoms with Gasteiger partial charge in [0.15, 0.2) is 11.6 Å². The van der Waals surface area contributed by atoms with Gasteiger partial charge in [0.2, 0.25) is 0 Å². The van der Waals surface area contributed by atoms with E-state index in [2.05, 4.69) is 15.5 Å². The first-order chi connectivity index (χ1) is 15.0. The van der Waals surface area contributed by atoms with E-state index in [0.717, 1.165) is 58.6 Å². The fraction of sp³-hybridized carbons (Fsp3) is 0.292. The van der Waals surface area contributed by atoms with Gasteiger partial charge in [0, 0.05) is 48.2 Å². The second-order valence-corrected chi connectivity index (χ2v) is 8.08. The lowest BCUT2D eigenvalue weighted by atomic mass is 9.99. The van der Waals surface area contributed by atoms with Crippen molar-refractivity contribution < 1.29 is 9.26 Å². The summed E-state index contributed by atoms with van der Waals surface area (Å²) in [6.45, 7) is 4.68. The number of aryl methyl sites for hydroxylation is 3. The molecule has 1 atom stereocenters. The van der Waals surface area contributed by atoms with Crippen molar-refractivity contribution in [3.8, 4) is 11.1 Å². The molecule has 158 valence electrons. The van der Waals surface area contributed by atoms with Crippen LogP contribution in [0.25, 0.3) is 22.0 Å². The third-order valence-electron chi connectivity index (χ3n) is 5.82. The molecule has 5 rings (SSSR count). The summed E-state index contributed by atoms with van der Waals surface area (Å²) in [6, 6.07) is 11.7. The highest BCUT2D eigenvalue weighted by atomic mass is 16.5. The van der Waals surface area contributed by atoms with Crippen LogP contribution in [0.3, 0.4) is 0 Å². The van der Waals surface area contributed by atoms with Gasteiger partial charge in [0.05, 0.1) is 5.52 Å². The van der Waals surface area contributed by atoms with Crippen molar-refractivity contribution in [2.45, 2.75) is 32.8 Å². The van der Waals surface area contributed by atoms with Crippen molar-refractivity contribution >= 4 is 22.4 Å². The number of pyridine rings is 2. The summed E-state index contributed by atoms with van der Waals surface area (Å²) in [5, 5.41) is 8.33. The third kappa shape index (κ3) is 3.61. The first kappa shape index (κ1) is 19.5.